The molecule has 0 spiro atoms. The number of carbonyl (C=O) groups excluding carboxylic acids is 2. The van der Waals surface area contributed by atoms with Crippen LogP contribution in [0.25, 0.3) is 27.9 Å². The Bertz CT molecular complexity index is 1590. The number of hydrogen-bond acceptors (Lipinski definition) is 10. The molecule has 0 radical (unpaired) electrons. The van der Waals surface area contributed by atoms with Crippen LogP contribution in [0.4, 0.5) is 0 Å². The van der Waals surface area contributed by atoms with Gasteiger partial charge in [0.15, 0.2) is 11.4 Å². The molecule has 13 heteroatoms. The second kappa shape index (κ2) is 17.7. The molecule has 0 aliphatic carbocycles. The van der Waals surface area contributed by atoms with Gasteiger partial charge in [-0.05, 0) is 30.7 Å². The fraction of sp³-hybridized carbons (Fsp3) is 0.406. The predicted molar refractivity (Wildman–Crippen MR) is 177 cm³/mol. The van der Waals surface area contributed by atoms with Gasteiger partial charge < -0.3 is 33.8 Å². The molecule has 242 valence electrons. The van der Waals surface area contributed by atoms with Crippen LogP contribution < -0.4 is 0 Å². The minimum atomic E-state index is -1.09. The second-order valence-electron chi connectivity index (χ2n) is 11.2. The Kier molecular flexibility index (Phi) is 13.8. The van der Waals surface area contributed by atoms with Crippen LogP contribution in [-0.4, -0.2) is 80.4 Å². The van der Waals surface area contributed by atoms with Gasteiger partial charge in [0.1, 0.15) is 0 Å². The van der Waals surface area contributed by atoms with Gasteiger partial charge in [-0.3, -0.25) is 0 Å². The maximum Gasteiger partial charge on any atom is 0.357 e. The summed E-state index contributed by atoms with van der Waals surface area (Å²) in [6.07, 6.45) is 14.3. The van der Waals surface area contributed by atoms with Gasteiger partial charge in [0.25, 0.3) is 0 Å². The van der Waals surface area contributed by atoms with E-state index < -0.39 is 20.0 Å². The summed E-state index contributed by atoms with van der Waals surface area (Å²) in [5.74, 6) is -0.927. The first-order valence-corrected chi connectivity index (χ1v) is 18.5. The smallest absolute Gasteiger partial charge is 0.357 e. The number of H-pyrrole nitrogens is 2. The van der Waals surface area contributed by atoms with E-state index in [1.165, 1.54) is 14.2 Å². The van der Waals surface area contributed by atoms with Crippen LogP contribution in [0.15, 0.2) is 48.3 Å². The molecule has 0 aliphatic rings. The van der Waals surface area contributed by atoms with Gasteiger partial charge in [0, 0.05) is 61.6 Å². The Labute approximate surface area is 264 Å². The third-order valence-electron chi connectivity index (χ3n) is 6.64. The topological polar surface area (TPSA) is 150 Å². The maximum atomic E-state index is 11.9. The van der Waals surface area contributed by atoms with Gasteiger partial charge in [0.2, 0.25) is 6.79 Å². The Morgan fingerprint density at radius 3 is 2.24 bits per heavy atom. The van der Waals surface area contributed by atoms with E-state index in [1.54, 1.807) is 37.1 Å². The molecule has 0 atom stereocenters. The van der Waals surface area contributed by atoms with Crippen molar-refractivity contribution in [1.29, 1.82) is 0 Å². The number of pyridine rings is 2. The lowest BCUT2D eigenvalue weighted by molar-refractivity contribution is -0.0473. The molecule has 0 amide bonds. The lowest BCUT2D eigenvalue weighted by Gasteiger charge is -2.14. The van der Waals surface area contributed by atoms with Crippen molar-refractivity contribution in [2.75, 3.05) is 34.2 Å². The van der Waals surface area contributed by atoms with E-state index in [2.05, 4.69) is 51.7 Å². The molecule has 45 heavy (non-hydrogen) atoms. The molecule has 0 aromatic carbocycles. The Morgan fingerprint density at radius 1 is 0.933 bits per heavy atom. The maximum absolute atomic E-state index is 11.9. The highest BCUT2D eigenvalue weighted by molar-refractivity contribution is 6.76. The minimum absolute atomic E-state index is 0.122. The number of aromatic nitrogens is 4. The fourth-order valence-corrected chi connectivity index (χ4v) is 4.90. The zero-order chi connectivity index (χ0) is 32.7. The zero-order valence-electron chi connectivity index (χ0n) is 26.8. The van der Waals surface area contributed by atoms with Crippen molar-refractivity contribution in [3.63, 3.8) is 0 Å². The SMILES string of the molecule is CCCCO/C=C/c1c(C(=O)OC)ncc2[nH]ccc12.COC(=O)c1ncc2[nH]ccc2c1C/C=N/OCOCC[Si](C)(C)C. The summed E-state index contributed by atoms with van der Waals surface area (Å²) in [6.45, 7) is 10.5. The number of rotatable bonds is 15. The molecule has 0 saturated heterocycles. The summed E-state index contributed by atoms with van der Waals surface area (Å²) in [5.41, 5.74) is 3.74. The second-order valence-corrected chi connectivity index (χ2v) is 16.8. The average molecular weight is 638 g/mol. The molecule has 2 N–H and O–H groups in total. The van der Waals surface area contributed by atoms with Gasteiger partial charge in [-0.2, -0.15) is 0 Å². The lowest BCUT2D eigenvalue weighted by atomic mass is 10.1. The minimum Gasteiger partial charge on any atom is -0.501 e. The Hall–Kier alpha value is -4.49. The molecule has 0 saturated carbocycles. The molecule has 4 aromatic heterocycles. The number of carbonyl (C=O) groups is 2. The van der Waals surface area contributed by atoms with Crippen molar-refractivity contribution in [1.82, 2.24) is 19.9 Å². The summed E-state index contributed by atoms with van der Waals surface area (Å²) in [6, 6.07) is 4.88. The van der Waals surface area contributed by atoms with Gasteiger partial charge in [-0.15, -0.1) is 0 Å². The first-order chi connectivity index (χ1) is 21.7. The number of oxime groups is 1. The quantitative estimate of drug-likeness (QED) is 0.0289. The summed E-state index contributed by atoms with van der Waals surface area (Å²) in [7, 11) is 1.59. The zero-order valence-corrected chi connectivity index (χ0v) is 27.8. The number of nitrogens with zero attached hydrogens (tertiary/aromatic N) is 3. The number of hydrogen-bond donors (Lipinski definition) is 2. The third-order valence-corrected chi connectivity index (χ3v) is 8.34. The van der Waals surface area contributed by atoms with E-state index in [0.717, 1.165) is 46.3 Å². The van der Waals surface area contributed by atoms with E-state index in [-0.39, 0.29) is 18.2 Å². The van der Waals surface area contributed by atoms with Crippen LogP contribution in [0.5, 0.6) is 0 Å². The monoisotopic (exact) mass is 637 g/mol. The standard InChI is InChI=1S/C17H25N3O4Si.C15H18N2O3/c1-22-17(21)16-14(13-5-7-18-15(13)11-19-16)6-8-20-24-12-23-9-10-25(2,3)4;1-3-4-8-20-9-6-12-11-5-7-16-13(11)10-17-14(12)15(18)19-2/h5,7-8,11,18H,6,9-10,12H2,1-4H3;5-7,9-10,16H,3-4,8H2,1-2H3/b20-8+;9-6+. The molecule has 4 rings (SSSR count). The van der Waals surface area contributed by atoms with Crippen molar-refractivity contribution in [3.8, 4) is 0 Å². The van der Waals surface area contributed by atoms with E-state index >= 15 is 0 Å². The fourth-order valence-electron chi connectivity index (χ4n) is 4.14. The van der Waals surface area contributed by atoms with Crippen LogP contribution in [-0.2, 0) is 30.2 Å². The van der Waals surface area contributed by atoms with Gasteiger partial charge >= 0.3 is 11.9 Å². The molecule has 4 aromatic rings. The van der Waals surface area contributed by atoms with Crippen molar-refractivity contribution in [3.05, 3.63) is 65.7 Å². The number of ether oxygens (including phenoxy) is 4. The first-order valence-electron chi connectivity index (χ1n) is 14.8. The van der Waals surface area contributed by atoms with Gasteiger partial charge in [-0.25, -0.2) is 19.6 Å². The molecular weight excluding hydrogens is 594 g/mol. The largest absolute Gasteiger partial charge is 0.501 e. The summed E-state index contributed by atoms with van der Waals surface area (Å²) in [4.78, 5) is 43.2. The number of aromatic amines is 2. The molecule has 4 heterocycles. The van der Waals surface area contributed by atoms with Crippen molar-refractivity contribution in [2.24, 2.45) is 5.16 Å². The number of methoxy groups -OCH3 is 2. The Morgan fingerprint density at radius 2 is 1.58 bits per heavy atom. The van der Waals surface area contributed by atoms with E-state index in [4.69, 9.17) is 23.8 Å². The predicted octanol–water partition coefficient (Wildman–Crippen LogP) is 6.34. The molecule has 0 aliphatic heterocycles. The van der Waals surface area contributed by atoms with Gasteiger partial charge in [-0.1, -0.05) is 38.1 Å². The van der Waals surface area contributed by atoms with E-state index in [9.17, 15) is 9.59 Å². The number of nitrogens with one attached hydrogen (secondary N) is 2. The van der Waals surface area contributed by atoms with Crippen LogP contribution >= 0.6 is 0 Å². The summed E-state index contributed by atoms with van der Waals surface area (Å²) in [5, 5.41) is 5.71. The normalized spacial score (nSPS) is 11.6. The summed E-state index contributed by atoms with van der Waals surface area (Å²) >= 11 is 0. The highest BCUT2D eigenvalue weighted by atomic mass is 28.3. The van der Waals surface area contributed by atoms with Crippen LogP contribution in [0.2, 0.25) is 25.7 Å². The van der Waals surface area contributed by atoms with Crippen LogP contribution in [0.1, 0.15) is 51.9 Å². The highest BCUT2D eigenvalue weighted by Gasteiger charge is 2.17. The molecular formula is C32H43N5O7Si. The number of esters is 2. The number of fused-ring (bicyclic) bond motifs is 2. The van der Waals surface area contributed by atoms with E-state index in [1.807, 2.05) is 18.3 Å². The van der Waals surface area contributed by atoms with Crippen molar-refractivity contribution < 1.29 is 33.4 Å². The summed E-state index contributed by atoms with van der Waals surface area (Å²) < 4.78 is 20.4. The number of unbranched alkanes of at least 4 members (excludes halogenated alkanes) is 1. The Balaban J connectivity index is 0.000000251. The highest BCUT2D eigenvalue weighted by Crippen LogP contribution is 2.22. The van der Waals surface area contributed by atoms with Crippen molar-refractivity contribution in [2.45, 2.75) is 51.9 Å². The molecule has 0 bridgehead atoms. The van der Waals surface area contributed by atoms with E-state index in [0.29, 0.717) is 25.2 Å². The first kappa shape index (κ1) is 35.0. The molecule has 12 nitrogen and oxygen atoms in total. The molecule has 0 fully saturated rings. The average Bonchev–Trinajstić information content (AvgIpc) is 3.71. The van der Waals surface area contributed by atoms with Crippen LogP contribution in [0.3, 0.4) is 0 Å². The molecule has 0 unspecified atom stereocenters. The van der Waals surface area contributed by atoms with Crippen LogP contribution in [0, 0.1) is 0 Å². The van der Waals surface area contributed by atoms with Crippen molar-refractivity contribution >= 4 is 54.1 Å². The lowest BCUT2D eigenvalue weighted by Crippen LogP contribution is -2.21. The van der Waals surface area contributed by atoms with Gasteiger partial charge in [0.05, 0.1) is 50.5 Å². The third kappa shape index (κ3) is 10.6.